The van der Waals surface area contributed by atoms with Crippen molar-refractivity contribution < 1.29 is 14.3 Å². The minimum Gasteiger partial charge on any atom is -0.497 e. The zero-order valence-electron chi connectivity index (χ0n) is 15.4. The fourth-order valence-electron chi connectivity index (χ4n) is 2.85. The van der Waals surface area contributed by atoms with Crippen molar-refractivity contribution in [3.8, 4) is 11.5 Å². The summed E-state index contributed by atoms with van der Waals surface area (Å²) in [6.07, 6.45) is 1.64. The Kier molecular flexibility index (Phi) is 5.58. The molecule has 1 saturated heterocycles. The maximum Gasteiger partial charge on any atom is 0.272 e. The topological polar surface area (TPSA) is 66.9 Å². The largest absolute Gasteiger partial charge is 0.497 e. The number of amides is 1. The maximum absolute atomic E-state index is 12.7. The first kappa shape index (κ1) is 18.0. The molecule has 26 heavy (non-hydrogen) atoms. The predicted octanol–water partition coefficient (Wildman–Crippen LogP) is 2.23. The van der Waals surface area contributed by atoms with Crippen molar-refractivity contribution in [3.05, 3.63) is 42.2 Å². The fourth-order valence-corrected chi connectivity index (χ4v) is 2.85. The van der Waals surface area contributed by atoms with E-state index in [9.17, 15) is 4.79 Å². The van der Waals surface area contributed by atoms with E-state index in [1.54, 1.807) is 32.5 Å². The van der Waals surface area contributed by atoms with Crippen molar-refractivity contribution >= 4 is 17.3 Å². The van der Waals surface area contributed by atoms with Crippen LogP contribution < -0.4 is 14.8 Å². The monoisotopic (exact) mass is 356 g/mol. The molecule has 7 heteroatoms. The van der Waals surface area contributed by atoms with Crippen molar-refractivity contribution in [1.29, 1.82) is 0 Å². The van der Waals surface area contributed by atoms with Gasteiger partial charge in [0.25, 0.3) is 5.91 Å². The van der Waals surface area contributed by atoms with E-state index in [4.69, 9.17) is 9.47 Å². The number of pyridine rings is 1. The molecule has 1 aromatic carbocycles. The third-order valence-electron chi connectivity index (χ3n) is 4.46. The van der Waals surface area contributed by atoms with Gasteiger partial charge in [0.2, 0.25) is 0 Å². The lowest BCUT2D eigenvalue weighted by molar-refractivity contribution is 0.0658. The fraction of sp³-hybridized carbons (Fsp3) is 0.368. The summed E-state index contributed by atoms with van der Waals surface area (Å²) >= 11 is 0. The summed E-state index contributed by atoms with van der Waals surface area (Å²) in [5.74, 6) is 1.34. The Hall–Kier alpha value is -2.80. The molecule has 1 N–H and O–H groups in total. The summed E-state index contributed by atoms with van der Waals surface area (Å²) in [6.45, 7) is 3.21. The Morgan fingerprint density at radius 2 is 1.85 bits per heavy atom. The molecular weight excluding hydrogens is 332 g/mol. The first-order chi connectivity index (χ1) is 12.6. The highest BCUT2D eigenvalue weighted by Gasteiger charge is 2.21. The van der Waals surface area contributed by atoms with E-state index >= 15 is 0 Å². The zero-order chi connectivity index (χ0) is 18.5. The Bertz CT molecular complexity index is 773. The quantitative estimate of drug-likeness (QED) is 0.886. The van der Waals surface area contributed by atoms with Gasteiger partial charge in [0, 0.05) is 44.1 Å². The summed E-state index contributed by atoms with van der Waals surface area (Å²) in [7, 11) is 5.28. The molecule has 0 unspecified atom stereocenters. The number of aromatic nitrogens is 1. The molecule has 0 saturated carbocycles. The summed E-state index contributed by atoms with van der Waals surface area (Å²) in [5, 5.41) is 3.28. The van der Waals surface area contributed by atoms with Crippen LogP contribution in [0.25, 0.3) is 0 Å². The second-order valence-electron chi connectivity index (χ2n) is 6.22. The van der Waals surface area contributed by atoms with Crippen LogP contribution in [-0.4, -0.2) is 68.1 Å². The Balaban J connectivity index is 1.76. The molecule has 7 nitrogen and oxygen atoms in total. The van der Waals surface area contributed by atoms with Crippen molar-refractivity contribution in [2.24, 2.45) is 0 Å². The van der Waals surface area contributed by atoms with Gasteiger partial charge in [-0.2, -0.15) is 0 Å². The molecule has 0 spiro atoms. The maximum atomic E-state index is 12.7. The first-order valence-electron chi connectivity index (χ1n) is 8.53. The molecule has 138 valence electrons. The molecule has 0 atom stereocenters. The third-order valence-corrected chi connectivity index (χ3v) is 4.46. The average molecular weight is 356 g/mol. The summed E-state index contributed by atoms with van der Waals surface area (Å²) in [5.41, 5.74) is 2.01. The highest BCUT2D eigenvalue weighted by Crippen LogP contribution is 2.31. The van der Waals surface area contributed by atoms with Gasteiger partial charge >= 0.3 is 0 Å². The number of benzene rings is 1. The smallest absolute Gasteiger partial charge is 0.272 e. The molecular formula is C19H24N4O3. The SMILES string of the molecule is COc1ccc(Nc2ccnc(C(=O)N3CCN(C)CC3)c2)c(OC)c1. The van der Waals surface area contributed by atoms with Crippen LogP contribution in [0, 0.1) is 0 Å². The molecule has 1 aromatic heterocycles. The number of nitrogens with one attached hydrogen (secondary N) is 1. The van der Waals surface area contributed by atoms with Crippen LogP contribution in [0.5, 0.6) is 11.5 Å². The van der Waals surface area contributed by atoms with Gasteiger partial charge in [-0.1, -0.05) is 0 Å². The second kappa shape index (κ2) is 8.05. The lowest BCUT2D eigenvalue weighted by Crippen LogP contribution is -2.47. The number of anilines is 2. The van der Waals surface area contributed by atoms with Gasteiger partial charge in [-0.3, -0.25) is 9.78 Å². The molecule has 1 fully saturated rings. The number of ether oxygens (including phenoxy) is 2. The highest BCUT2D eigenvalue weighted by molar-refractivity contribution is 5.93. The number of hydrogen-bond acceptors (Lipinski definition) is 6. The molecule has 0 bridgehead atoms. The average Bonchev–Trinajstić information content (AvgIpc) is 2.68. The Morgan fingerprint density at radius 1 is 1.08 bits per heavy atom. The van der Waals surface area contributed by atoms with E-state index < -0.39 is 0 Å². The van der Waals surface area contributed by atoms with E-state index in [2.05, 4.69) is 22.2 Å². The highest BCUT2D eigenvalue weighted by atomic mass is 16.5. The van der Waals surface area contributed by atoms with Gasteiger partial charge in [-0.05, 0) is 31.3 Å². The van der Waals surface area contributed by atoms with Gasteiger partial charge in [0.15, 0.2) is 0 Å². The van der Waals surface area contributed by atoms with Crippen LogP contribution in [0.1, 0.15) is 10.5 Å². The predicted molar refractivity (Wildman–Crippen MR) is 100 cm³/mol. The molecule has 3 rings (SSSR count). The van der Waals surface area contributed by atoms with Crippen molar-refractivity contribution in [1.82, 2.24) is 14.8 Å². The standard InChI is InChI=1S/C19H24N4O3/c1-22-8-10-23(11-9-22)19(24)17-12-14(6-7-20-17)21-16-5-4-15(25-2)13-18(16)26-3/h4-7,12-13H,8-11H2,1-3H3,(H,20,21). The van der Waals surface area contributed by atoms with Crippen LogP contribution in [0.2, 0.25) is 0 Å². The van der Waals surface area contributed by atoms with E-state index in [0.29, 0.717) is 17.2 Å². The lowest BCUT2D eigenvalue weighted by atomic mass is 10.2. The number of carbonyl (C=O) groups is 1. The van der Waals surface area contributed by atoms with Crippen molar-refractivity contribution in [2.75, 3.05) is 52.8 Å². The molecule has 0 aliphatic carbocycles. The Labute approximate surface area is 153 Å². The van der Waals surface area contributed by atoms with Crippen LogP contribution in [0.15, 0.2) is 36.5 Å². The summed E-state index contributed by atoms with van der Waals surface area (Å²) < 4.78 is 10.6. The van der Waals surface area contributed by atoms with Gasteiger partial charge < -0.3 is 24.6 Å². The number of carbonyl (C=O) groups excluding carboxylic acids is 1. The number of hydrogen-bond donors (Lipinski definition) is 1. The zero-order valence-corrected chi connectivity index (χ0v) is 15.4. The number of nitrogens with zero attached hydrogens (tertiary/aromatic N) is 3. The van der Waals surface area contributed by atoms with Gasteiger partial charge in [0.1, 0.15) is 17.2 Å². The van der Waals surface area contributed by atoms with Crippen LogP contribution in [0.4, 0.5) is 11.4 Å². The summed E-state index contributed by atoms with van der Waals surface area (Å²) in [6, 6.07) is 9.12. The van der Waals surface area contributed by atoms with Crippen LogP contribution >= 0.6 is 0 Å². The van der Waals surface area contributed by atoms with E-state index in [1.165, 1.54) is 0 Å². The van der Waals surface area contributed by atoms with Crippen LogP contribution in [0.3, 0.4) is 0 Å². The van der Waals surface area contributed by atoms with Gasteiger partial charge in [-0.25, -0.2) is 0 Å². The minimum absolute atomic E-state index is 0.0385. The van der Waals surface area contributed by atoms with Gasteiger partial charge in [0.05, 0.1) is 19.9 Å². The third kappa shape index (κ3) is 4.05. The van der Waals surface area contributed by atoms with Gasteiger partial charge in [-0.15, -0.1) is 0 Å². The molecule has 1 aliphatic heterocycles. The van der Waals surface area contributed by atoms with E-state index in [0.717, 1.165) is 37.6 Å². The van der Waals surface area contributed by atoms with E-state index in [-0.39, 0.29) is 5.91 Å². The molecule has 1 aliphatic rings. The van der Waals surface area contributed by atoms with E-state index in [1.807, 2.05) is 23.1 Å². The first-order valence-corrected chi connectivity index (χ1v) is 8.53. The second-order valence-corrected chi connectivity index (χ2v) is 6.22. The number of likely N-dealkylation sites (N-methyl/N-ethyl adjacent to an activating group) is 1. The molecule has 2 aromatic rings. The number of methoxy groups -OCH3 is 2. The Morgan fingerprint density at radius 3 is 2.54 bits per heavy atom. The van der Waals surface area contributed by atoms with Crippen molar-refractivity contribution in [2.45, 2.75) is 0 Å². The number of rotatable bonds is 5. The lowest BCUT2D eigenvalue weighted by Gasteiger charge is -2.32. The minimum atomic E-state index is -0.0385. The molecule has 1 amide bonds. The summed E-state index contributed by atoms with van der Waals surface area (Å²) in [4.78, 5) is 21.0. The van der Waals surface area contributed by atoms with Crippen molar-refractivity contribution in [3.63, 3.8) is 0 Å². The van der Waals surface area contributed by atoms with Crippen LogP contribution in [-0.2, 0) is 0 Å². The number of piperazine rings is 1. The molecule has 0 radical (unpaired) electrons. The molecule has 2 heterocycles. The normalized spacial score (nSPS) is 14.8.